The maximum atomic E-state index is 16.5. The molecular formula is C52H54FN7O3S. The number of anilines is 2. The van der Waals surface area contributed by atoms with E-state index in [9.17, 15) is 15.0 Å². The minimum Gasteiger partial charge on any atom is -0.478 e. The summed E-state index contributed by atoms with van der Waals surface area (Å²) in [4.78, 5) is 25.3. The van der Waals surface area contributed by atoms with Crippen molar-refractivity contribution in [2.75, 3.05) is 55.6 Å². The second-order valence-corrected chi connectivity index (χ2v) is 19.2. The van der Waals surface area contributed by atoms with Crippen molar-refractivity contribution in [3.63, 3.8) is 0 Å². The van der Waals surface area contributed by atoms with Gasteiger partial charge in [-0.15, -0.1) is 21.5 Å². The van der Waals surface area contributed by atoms with Gasteiger partial charge in [0.1, 0.15) is 22.7 Å². The number of aromatic nitrogens is 3. The highest BCUT2D eigenvalue weighted by molar-refractivity contribution is 7.15. The average Bonchev–Trinajstić information content (AvgIpc) is 3.71. The fraction of sp³-hybridized carbons (Fsp3) is 0.346. The van der Waals surface area contributed by atoms with Gasteiger partial charge in [0, 0.05) is 78.8 Å². The summed E-state index contributed by atoms with van der Waals surface area (Å²) in [7, 11) is 0. The molecule has 0 saturated carbocycles. The Morgan fingerprint density at radius 2 is 1.52 bits per heavy atom. The van der Waals surface area contributed by atoms with Gasteiger partial charge in [0.25, 0.3) is 0 Å². The number of carboxylic acids is 1. The molecule has 4 aromatic carbocycles. The lowest BCUT2D eigenvalue weighted by atomic mass is 9.87. The van der Waals surface area contributed by atoms with Crippen molar-refractivity contribution in [2.45, 2.75) is 71.4 Å². The summed E-state index contributed by atoms with van der Waals surface area (Å²) in [5.74, 6) is 0.490. The Morgan fingerprint density at radius 1 is 0.812 bits per heavy atom. The van der Waals surface area contributed by atoms with Crippen molar-refractivity contribution in [3.05, 3.63) is 158 Å². The highest BCUT2D eigenvalue weighted by Crippen LogP contribution is 2.42. The van der Waals surface area contributed by atoms with E-state index in [0.29, 0.717) is 24.9 Å². The molecule has 0 spiro atoms. The van der Waals surface area contributed by atoms with Crippen LogP contribution in [0.5, 0.6) is 0 Å². The van der Waals surface area contributed by atoms with Gasteiger partial charge >= 0.3 is 5.97 Å². The van der Waals surface area contributed by atoms with E-state index in [4.69, 9.17) is 4.99 Å². The number of hydrogen-bond donors (Lipinski definition) is 2. The number of carboxylic acid groups (broad SMARTS) is 1. The molecule has 0 amide bonds. The minimum atomic E-state index is -0.961. The number of aliphatic hydroxyl groups is 1. The predicted molar refractivity (Wildman–Crippen MR) is 254 cm³/mol. The zero-order chi connectivity index (χ0) is 44.3. The Bertz CT molecular complexity index is 2810. The van der Waals surface area contributed by atoms with Crippen LogP contribution in [0.3, 0.4) is 0 Å². The molecule has 1 atom stereocenters. The van der Waals surface area contributed by atoms with Crippen LogP contribution in [0, 0.1) is 26.6 Å². The van der Waals surface area contributed by atoms with Gasteiger partial charge in [-0.3, -0.25) is 14.5 Å². The maximum Gasteiger partial charge on any atom is 0.335 e. The second-order valence-electron chi connectivity index (χ2n) is 18.0. The van der Waals surface area contributed by atoms with E-state index in [2.05, 4.69) is 86.6 Å². The Kier molecular flexibility index (Phi) is 11.1. The summed E-state index contributed by atoms with van der Waals surface area (Å²) < 4.78 is 18.7. The third kappa shape index (κ3) is 7.75. The molecule has 64 heavy (non-hydrogen) atoms. The number of nitrogens with zero attached hydrogens (tertiary/aromatic N) is 7. The lowest BCUT2D eigenvalue weighted by Crippen LogP contribution is -2.55. The number of fused-ring (bicyclic) bond motifs is 4. The molecule has 6 aromatic rings. The molecular weight excluding hydrogens is 822 g/mol. The number of benzene rings is 4. The first-order chi connectivity index (χ1) is 30.9. The molecule has 0 radical (unpaired) electrons. The monoisotopic (exact) mass is 875 g/mol. The number of hydrogen-bond acceptors (Lipinski definition) is 9. The van der Waals surface area contributed by atoms with Crippen LogP contribution >= 0.6 is 11.3 Å². The molecule has 0 bridgehead atoms. The molecule has 10 rings (SSSR count). The smallest absolute Gasteiger partial charge is 0.335 e. The van der Waals surface area contributed by atoms with Gasteiger partial charge < -0.3 is 20.0 Å². The summed E-state index contributed by atoms with van der Waals surface area (Å²) >= 11 is 1.77. The van der Waals surface area contributed by atoms with Gasteiger partial charge in [-0.05, 0) is 136 Å². The number of aromatic carboxylic acids is 1. The van der Waals surface area contributed by atoms with Gasteiger partial charge in [0.15, 0.2) is 5.82 Å². The number of halogens is 1. The van der Waals surface area contributed by atoms with E-state index in [1.54, 1.807) is 29.5 Å². The van der Waals surface area contributed by atoms with E-state index in [-0.39, 0.29) is 17.4 Å². The molecule has 5 heterocycles. The molecule has 0 unspecified atom stereocenters. The standard InChI is InChI=1S/C52H54FN7O3S/c1-32-34(3)64-50-46(32)48(54-33(2)49-56-55-35(4)60(49)50)37-13-16-40(17-14-37)58-23-21-52(63,22-24-58)31-57-25-27-59(28-26-57)41-18-20-44(45(53)30-41)47-42(36-9-6-5-7-10-36)12-8-11-38-29-39(51(61)62)15-19-43(38)47/h5-7,9-10,13-20,29-30,33,63H,8,11-12,21-28,31H2,1-4H3,(H,61,62)/t33-/m0/s1. The fourth-order valence-electron chi connectivity index (χ4n) is 10.3. The number of carbonyl (C=O) groups is 1. The molecule has 3 aliphatic heterocycles. The highest BCUT2D eigenvalue weighted by atomic mass is 32.1. The molecule has 12 heteroatoms. The first-order valence-electron chi connectivity index (χ1n) is 22.6. The number of aryl methyl sites for hydroxylation is 3. The largest absolute Gasteiger partial charge is 0.478 e. The number of piperidine rings is 1. The van der Waals surface area contributed by atoms with Crippen LogP contribution in [-0.4, -0.2) is 93.0 Å². The first kappa shape index (κ1) is 42.0. The van der Waals surface area contributed by atoms with Crippen LogP contribution in [0.2, 0.25) is 0 Å². The zero-order valence-corrected chi connectivity index (χ0v) is 37.8. The number of aliphatic imine (C=N–C) groups is 1. The SMILES string of the molecule is Cc1sc2c(c1C)C(c1ccc(N3CCC(O)(CN4CCN(c5ccc(C6=C(c7ccccc7)CCCc7cc(C(=O)O)ccc76)c(F)c5)CC4)CC3)cc1)=N[C@@H](C)c1nnc(C)n1-2. The Hall–Kier alpha value is -5.95. The first-order valence-corrected chi connectivity index (χ1v) is 23.4. The number of allylic oxidation sites excluding steroid dienone is 1. The molecule has 1 aliphatic carbocycles. The van der Waals surface area contributed by atoms with E-state index in [0.717, 1.165) is 131 Å². The van der Waals surface area contributed by atoms with Gasteiger partial charge in [0.2, 0.25) is 0 Å². The quantitative estimate of drug-likeness (QED) is 0.156. The van der Waals surface area contributed by atoms with Crippen molar-refractivity contribution in [1.29, 1.82) is 0 Å². The topological polar surface area (TPSA) is 110 Å². The molecule has 10 nitrogen and oxygen atoms in total. The van der Waals surface area contributed by atoms with Crippen LogP contribution in [0.1, 0.15) is 104 Å². The number of piperazine rings is 1. The molecule has 2 saturated heterocycles. The number of β-amino-alcohol motifs (C(OH)–C–C–N with tert-alkyl or cyclic N) is 1. The molecule has 2 fully saturated rings. The van der Waals surface area contributed by atoms with Crippen LogP contribution in [0.15, 0.2) is 96.0 Å². The molecule has 4 aliphatic rings. The van der Waals surface area contributed by atoms with E-state index < -0.39 is 11.6 Å². The lowest BCUT2D eigenvalue weighted by Gasteiger charge is -2.44. The van der Waals surface area contributed by atoms with Crippen molar-refractivity contribution < 1.29 is 19.4 Å². The minimum absolute atomic E-state index is 0.130. The summed E-state index contributed by atoms with van der Waals surface area (Å²) in [5.41, 5.74) is 11.3. The van der Waals surface area contributed by atoms with Crippen LogP contribution in [0.25, 0.3) is 16.1 Å². The average molecular weight is 876 g/mol. The number of thiophene rings is 1. The maximum absolute atomic E-state index is 16.5. The normalized spacial score (nSPS) is 18.8. The van der Waals surface area contributed by atoms with Gasteiger partial charge in [-0.25, -0.2) is 9.18 Å². The van der Waals surface area contributed by atoms with E-state index in [1.807, 2.05) is 43.3 Å². The molecule has 2 N–H and O–H groups in total. The summed E-state index contributed by atoms with van der Waals surface area (Å²) in [6.45, 7) is 13.6. The Morgan fingerprint density at radius 3 is 2.23 bits per heavy atom. The molecule has 328 valence electrons. The van der Waals surface area contributed by atoms with Crippen LogP contribution in [0.4, 0.5) is 15.8 Å². The predicted octanol–water partition coefficient (Wildman–Crippen LogP) is 9.45. The zero-order valence-electron chi connectivity index (χ0n) is 36.9. The summed E-state index contributed by atoms with van der Waals surface area (Å²) in [6, 6.07) is 29.6. The summed E-state index contributed by atoms with van der Waals surface area (Å²) in [5, 5.41) is 31.6. The summed E-state index contributed by atoms with van der Waals surface area (Å²) in [6.07, 6.45) is 3.69. The highest BCUT2D eigenvalue weighted by Gasteiger charge is 2.36. The fourth-order valence-corrected chi connectivity index (χ4v) is 11.5. The van der Waals surface area contributed by atoms with Crippen molar-refractivity contribution in [2.24, 2.45) is 4.99 Å². The van der Waals surface area contributed by atoms with E-state index >= 15 is 4.39 Å². The van der Waals surface area contributed by atoms with Crippen molar-refractivity contribution in [1.82, 2.24) is 19.7 Å². The van der Waals surface area contributed by atoms with Crippen molar-refractivity contribution >= 4 is 45.5 Å². The number of rotatable bonds is 8. The molecule has 2 aromatic heterocycles. The van der Waals surface area contributed by atoms with E-state index in [1.165, 1.54) is 10.4 Å². The van der Waals surface area contributed by atoms with Crippen LogP contribution in [-0.2, 0) is 6.42 Å². The second kappa shape index (κ2) is 16.9. The van der Waals surface area contributed by atoms with Gasteiger partial charge in [-0.1, -0.05) is 48.5 Å². The third-order valence-corrected chi connectivity index (χ3v) is 15.1. The van der Waals surface area contributed by atoms with Crippen LogP contribution < -0.4 is 9.80 Å². The lowest BCUT2D eigenvalue weighted by molar-refractivity contribution is -0.0173. The Balaban J connectivity index is 0.789. The van der Waals surface area contributed by atoms with Gasteiger partial charge in [0.05, 0.1) is 16.9 Å². The van der Waals surface area contributed by atoms with Gasteiger partial charge in [-0.2, -0.15) is 0 Å². The Labute approximate surface area is 378 Å². The third-order valence-electron chi connectivity index (χ3n) is 13.9. The van der Waals surface area contributed by atoms with Crippen molar-refractivity contribution in [3.8, 4) is 5.00 Å².